The summed E-state index contributed by atoms with van der Waals surface area (Å²) >= 11 is 0. The molecule has 0 aliphatic carbocycles. The van der Waals surface area contributed by atoms with Crippen LogP contribution >= 0.6 is 0 Å². The number of hydrogen-bond donors (Lipinski definition) is 3. The number of carboxylic acids is 1. The maximum Gasteiger partial charge on any atom is 0.332 e. The summed E-state index contributed by atoms with van der Waals surface area (Å²) in [6.07, 6.45) is -0.203. The van der Waals surface area contributed by atoms with Crippen molar-refractivity contribution in [3.63, 3.8) is 0 Å². The first kappa shape index (κ1) is 21.9. The average molecular weight is 419 g/mol. The number of halogens is 1. The number of fused-ring (bicyclic) bond motifs is 1. The number of hydrogen-bond acceptors (Lipinski definition) is 6. The highest BCUT2D eigenvalue weighted by atomic mass is 19.1. The number of ether oxygens (including phenoxy) is 3. The third-order valence-corrected chi connectivity index (χ3v) is 5.07. The highest BCUT2D eigenvalue weighted by Crippen LogP contribution is 2.36. The lowest BCUT2D eigenvalue weighted by atomic mass is 9.81. The van der Waals surface area contributed by atoms with Crippen molar-refractivity contribution in [2.24, 2.45) is 5.92 Å². The van der Waals surface area contributed by atoms with Crippen LogP contribution in [0.5, 0.6) is 17.2 Å². The van der Waals surface area contributed by atoms with E-state index in [9.17, 15) is 9.18 Å². The number of aliphatic carboxylic acids is 1. The van der Waals surface area contributed by atoms with Crippen molar-refractivity contribution >= 4 is 5.97 Å². The van der Waals surface area contributed by atoms with Gasteiger partial charge >= 0.3 is 5.97 Å². The Bertz CT molecular complexity index is 842. The van der Waals surface area contributed by atoms with Crippen molar-refractivity contribution in [2.75, 3.05) is 26.5 Å². The summed E-state index contributed by atoms with van der Waals surface area (Å²) in [5.74, 6) is 1.60. The predicted octanol–water partition coefficient (Wildman–Crippen LogP) is 2.78. The minimum absolute atomic E-state index is 0.194. The molecule has 0 bridgehead atoms. The molecule has 0 spiro atoms. The lowest BCUT2D eigenvalue weighted by Gasteiger charge is -2.32. The van der Waals surface area contributed by atoms with E-state index in [2.05, 4.69) is 5.32 Å². The van der Waals surface area contributed by atoms with Crippen LogP contribution in [0.2, 0.25) is 0 Å². The highest BCUT2D eigenvalue weighted by molar-refractivity contribution is 5.71. The van der Waals surface area contributed by atoms with Crippen LogP contribution in [0, 0.1) is 11.7 Å². The lowest BCUT2D eigenvalue weighted by Crippen LogP contribution is -2.38. The maximum atomic E-state index is 13.2. The topological polar surface area (TPSA) is 97.3 Å². The third kappa shape index (κ3) is 5.84. The molecule has 3 N–H and O–H groups in total. The number of aliphatic hydroxyl groups is 1. The van der Waals surface area contributed by atoms with Gasteiger partial charge in [-0.2, -0.15) is 0 Å². The second-order valence-corrected chi connectivity index (χ2v) is 7.25. The molecule has 3 atom stereocenters. The largest absolute Gasteiger partial charge is 0.493 e. The van der Waals surface area contributed by atoms with Crippen molar-refractivity contribution in [1.29, 1.82) is 0 Å². The molecule has 1 unspecified atom stereocenters. The van der Waals surface area contributed by atoms with Gasteiger partial charge in [0.2, 0.25) is 6.79 Å². The number of rotatable bonds is 5. The van der Waals surface area contributed by atoms with Crippen LogP contribution in [0.15, 0.2) is 42.5 Å². The molecule has 7 nitrogen and oxygen atoms in total. The quantitative estimate of drug-likeness (QED) is 0.686. The van der Waals surface area contributed by atoms with E-state index in [-0.39, 0.29) is 12.6 Å². The van der Waals surface area contributed by atoms with Gasteiger partial charge in [-0.15, -0.1) is 0 Å². The van der Waals surface area contributed by atoms with Crippen molar-refractivity contribution in [1.82, 2.24) is 5.32 Å². The zero-order valence-corrected chi connectivity index (χ0v) is 16.7. The number of piperidine rings is 1. The van der Waals surface area contributed by atoms with E-state index in [1.807, 2.05) is 30.3 Å². The summed E-state index contributed by atoms with van der Waals surface area (Å²) in [7, 11) is 0. The molecule has 4 rings (SSSR count). The van der Waals surface area contributed by atoms with Crippen molar-refractivity contribution in [2.45, 2.75) is 25.4 Å². The van der Waals surface area contributed by atoms with Crippen molar-refractivity contribution in [3.05, 3.63) is 53.8 Å². The Hall–Kier alpha value is -2.84. The summed E-state index contributed by atoms with van der Waals surface area (Å²) < 4.78 is 29.9. The van der Waals surface area contributed by atoms with Gasteiger partial charge in [-0.05, 0) is 55.6 Å². The van der Waals surface area contributed by atoms with Gasteiger partial charge < -0.3 is 29.7 Å². The fourth-order valence-electron chi connectivity index (χ4n) is 3.42. The molecule has 0 saturated carbocycles. The predicted molar refractivity (Wildman–Crippen MR) is 107 cm³/mol. The molecule has 1 saturated heterocycles. The molecule has 0 aromatic heterocycles. The van der Waals surface area contributed by atoms with Gasteiger partial charge in [0, 0.05) is 18.5 Å². The Labute approximate surface area is 174 Å². The molecule has 162 valence electrons. The second-order valence-electron chi connectivity index (χ2n) is 7.25. The van der Waals surface area contributed by atoms with Crippen LogP contribution in [0.25, 0.3) is 0 Å². The van der Waals surface area contributed by atoms with Gasteiger partial charge in [-0.3, -0.25) is 0 Å². The fourth-order valence-corrected chi connectivity index (χ4v) is 3.42. The Morgan fingerprint density at radius 1 is 1.23 bits per heavy atom. The Kier molecular flexibility index (Phi) is 7.48. The van der Waals surface area contributed by atoms with E-state index in [0.717, 1.165) is 36.8 Å². The van der Waals surface area contributed by atoms with Gasteiger partial charge in [-0.1, -0.05) is 12.1 Å². The van der Waals surface area contributed by atoms with Crippen LogP contribution in [0.3, 0.4) is 0 Å². The van der Waals surface area contributed by atoms with Gasteiger partial charge in [0.15, 0.2) is 11.5 Å². The molecule has 2 aromatic carbocycles. The standard InChI is InChI=1S/C19H20FNO3.C3H6O3/c20-15-3-1-13(2-4-15)17-7-8-21-10-14(17)11-22-16-5-6-18-19(9-16)24-12-23-18;1-2(4)3(5)6/h1-6,9,14,17,21H,7-8,10-12H2;2,4H,1H3,(H,5,6)/t14-,17-;/m0./s1. The molecular weight excluding hydrogens is 393 g/mol. The van der Waals surface area contributed by atoms with E-state index in [1.54, 1.807) is 0 Å². The third-order valence-electron chi connectivity index (χ3n) is 5.07. The zero-order valence-electron chi connectivity index (χ0n) is 16.7. The van der Waals surface area contributed by atoms with Crippen molar-refractivity contribution in [3.8, 4) is 17.2 Å². The highest BCUT2D eigenvalue weighted by Gasteiger charge is 2.27. The number of aliphatic hydroxyl groups excluding tert-OH is 1. The maximum absolute atomic E-state index is 13.2. The normalized spacial score (nSPS) is 20.6. The van der Waals surface area contributed by atoms with E-state index in [0.29, 0.717) is 18.4 Å². The van der Waals surface area contributed by atoms with E-state index in [1.165, 1.54) is 24.6 Å². The Morgan fingerprint density at radius 3 is 2.63 bits per heavy atom. The molecule has 0 amide bonds. The van der Waals surface area contributed by atoms with E-state index in [4.69, 9.17) is 24.4 Å². The average Bonchev–Trinajstić information content (AvgIpc) is 3.21. The molecule has 30 heavy (non-hydrogen) atoms. The fraction of sp³-hybridized carbons (Fsp3) is 0.409. The first-order valence-corrected chi connectivity index (χ1v) is 9.83. The van der Waals surface area contributed by atoms with Gasteiger partial charge in [0.25, 0.3) is 0 Å². The molecule has 2 aliphatic rings. The zero-order chi connectivity index (χ0) is 21.5. The monoisotopic (exact) mass is 419 g/mol. The molecule has 2 aliphatic heterocycles. The van der Waals surface area contributed by atoms with E-state index >= 15 is 0 Å². The molecule has 2 aromatic rings. The number of benzene rings is 2. The summed E-state index contributed by atoms with van der Waals surface area (Å²) in [5.41, 5.74) is 1.18. The molecule has 8 heteroatoms. The SMILES string of the molecule is CC(O)C(=O)O.Fc1ccc([C@@H]2CCNC[C@H]2COc2ccc3c(c2)OCO3)cc1. The minimum Gasteiger partial charge on any atom is -0.493 e. The minimum atomic E-state index is -1.23. The Balaban J connectivity index is 0.000000377. The van der Waals surface area contributed by atoms with Crippen LogP contribution in [-0.4, -0.2) is 48.8 Å². The first-order chi connectivity index (χ1) is 14.4. The molecular formula is C22H26FNO6. The van der Waals surface area contributed by atoms with E-state index < -0.39 is 12.1 Å². The second kappa shape index (κ2) is 10.3. The number of carboxylic acid groups (broad SMARTS) is 1. The summed E-state index contributed by atoms with van der Waals surface area (Å²) in [4.78, 5) is 9.45. The smallest absolute Gasteiger partial charge is 0.332 e. The first-order valence-electron chi connectivity index (χ1n) is 9.83. The van der Waals surface area contributed by atoms with Crippen molar-refractivity contribution < 1.29 is 33.6 Å². The molecule has 2 heterocycles. The molecule has 0 radical (unpaired) electrons. The Morgan fingerprint density at radius 2 is 1.93 bits per heavy atom. The number of nitrogens with one attached hydrogen (secondary N) is 1. The van der Waals surface area contributed by atoms with Gasteiger partial charge in [0.05, 0.1) is 6.61 Å². The lowest BCUT2D eigenvalue weighted by molar-refractivity contribution is -0.145. The summed E-state index contributed by atoms with van der Waals surface area (Å²) in [6, 6.07) is 12.5. The van der Waals surface area contributed by atoms with Gasteiger partial charge in [-0.25, -0.2) is 9.18 Å². The molecule has 1 fully saturated rings. The summed E-state index contributed by atoms with van der Waals surface area (Å²) in [6.45, 7) is 3.93. The summed E-state index contributed by atoms with van der Waals surface area (Å²) in [5, 5.41) is 19.2. The van der Waals surface area contributed by atoms with Gasteiger partial charge in [0.1, 0.15) is 17.7 Å². The van der Waals surface area contributed by atoms with Crippen LogP contribution in [0.4, 0.5) is 4.39 Å². The number of carbonyl (C=O) groups is 1. The van der Waals surface area contributed by atoms with Crippen LogP contribution in [-0.2, 0) is 4.79 Å². The van der Waals surface area contributed by atoms with Crippen LogP contribution < -0.4 is 19.5 Å². The van der Waals surface area contributed by atoms with Crippen LogP contribution in [0.1, 0.15) is 24.8 Å².